The Morgan fingerprint density at radius 3 is 2.76 bits per heavy atom. The highest BCUT2D eigenvalue weighted by Crippen LogP contribution is 2.38. The normalized spacial score (nSPS) is 23.3. The highest BCUT2D eigenvalue weighted by molar-refractivity contribution is 5.14. The van der Waals surface area contributed by atoms with Gasteiger partial charge in [-0.3, -0.25) is 14.8 Å². The van der Waals surface area contributed by atoms with E-state index in [9.17, 15) is 0 Å². The van der Waals surface area contributed by atoms with Gasteiger partial charge in [0.25, 0.3) is 0 Å². The molecular formula is C20H26N4O. The molecule has 132 valence electrons. The second-order valence-electron chi connectivity index (χ2n) is 7.48. The Balaban J connectivity index is 1.31. The van der Waals surface area contributed by atoms with Crippen LogP contribution in [0.25, 0.3) is 0 Å². The molecule has 25 heavy (non-hydrogen) atoms. The van der Waals surface area contributed by atoms with Crippen LogP contribution in [0.4, 0.5) is 0 Å². The van der Waals surface area contributed by atoms with Crippen molar-refractivity contribution in [3.8, 4) is 5.88 Å². The van der Waals surface area contributed by atoms with Gasteiger partial charge in [-0.15, -0.1) is 0 Å². The first-order chi connectivity index (χ1) is 12.2. The quantitative estimate of drug-likeness (QED) is 0.838. The van der Waals surface area contributed by atoms with Crippen molar-refractivity contribution < 1.29 is 4.74 Å². The van der Waals surface area contributed by atoms with Gasteiger partial charge in [-0.25, -0.2) is 4.98 Å². The van der Waals surface area contributed by atoms with Gasteiger partial charge in [0.1, 0.15) is 0 Å². The molecule has 2 aliphatic heterocycles. The van der Waals surface area contributed by atoms with Crippen molar-refractivity contribution in [1.82, 2.24) is 19.8 Å². The minimum Gasteiger partial charge on any atom is -0.477 e. The third kappa shape index (κ3) is 3.67. The lowest BCUT2D eigenvalue weighted by molar-refractivity contribution is -0.0875. The fourth-order valence-corrected chi connectivity index (χ4v) is 4.20. The van der Waals surface area contributed by atoms with Crippen molar-refractivity contribution >= 4 is 0 Å². The minimum atomic E-state index is 0.323. The molecule has 0 amide bonds. The van der Waals surface area contributed by atoms with Crippen molar-refractivity contribution in [1.29, 1.82) is 0 Å². The van der Waals surface area contributed by atoms with Crippen molar-refractivity contribution in [2.45, 2.75) is 24.9 Å². The van der Waals surface area contributed by atoms with Crippen molar-refractivity contribution in [3.63, 3.8) is 0 Å². The molecule has 2 aromatic heterocycles. The van der Waals surface area contributed by atoms with Gasteiger partial charge < -0.3 is 4.74 Å². The van der Waals surface area contributed by atoms with Gasteiger partial charge in [-0.05, 0) is 56.1 Å². The lowest BCUT2D eigenvalue weighted by Gasteiger charge is -2.58. The van der Waals surface area contributed by atoms with E-state index in [1.165, 1.54) is 18.4 Å². The Labute approximate surface area is 149 Å². The zero-order chi connectivity index (χ0) is 17.1. The van der Waals surface area contributed by atoms with E-state index in [1.54, 1.807) is 6.20 Å². The molecule has 1 spiro atoms. The molecule has 5 nitrogen and oxygen atoms in total. The smallest absolute Gasteiger partial charge is 0.213 e. The number of ether oxygens (including phenoxy) is 1. The third-order valence-corrected chi connectivity index (χ3v) is 5.65. The zero-order valence-corrected chi connectivity index (χ0v) is 14.8. The van der Waals surface area contributed by atoms with Gasteiger partial charge in [0.2, 0.25) is 5.88 Å². The molecule has 0 bridgehead atoms. The number of pyridine rings is 2. The number of hydrogen-bond acceptors (Lipinski definition) is 5. The van der Waals surface area contributed by atoms with Crippen molar-refractivity contribution in [2.75, 3.05) is 33.3 Å². The Morgan fingerprint density at radius 1 is 1.16 bits per heavy atom. The van der Waals surface area contributed by atoms with Crippen LogP contribution in [0.1, 0.15) is 18.4 Å². The molecule has 2 saturated heterocycles. The van der Waals surface area contributed by atoms with E-state index in [1.807, 2.05) is 30.6 Å². The lowest BCUT2D eigenvalue weighted by Crippen LogP contribution is -2.71. The summed E-state index contributed by atoms with van der Waals surface area (Å²) >= 11 is 0. The second kappa shape index (κ2) is 7.10. The summed E-state index contributed by atoms with van der Waals surface area (Å²) in [4.78, 5) is 13.5. The van der Waals surface area contributed by atoms with Crippen LogP contribution in [-0.2, 0) is 6.54 Å². The summed E-state index contributed by atoms with van der Waals surface area (Å²) < 4.78 is 5.91. The first-order valence-electron chi connectivity index (χ1n) is 9.10. The number of aromatic nitrogens is 2. The minimum absolute atomic E-state index is 0.323. The summed E-state index contributed by atoms with van der Waals surface area (Å²) in [7, 11) is 2.28. The van der Waals surface area contributed by atoms with Crippen LogP contribution < -0.4 is 4.74 Å². The predicted molar refractivity (Wildman–Crippen MR) is 97.3 cm³/mol. The van der Waals surface area contributed by atoms with Crippen LogP contribution in [-0.4, -0.2) is 58.6 Å². The number of hydrogen-bond donors (Lipinski definition) is 0. The van der Waals surface area contributed by atoms with E-state index < -0.39 is 0 Å². The largest absolute Gasteiger partial charge is 0.477 e. The van der Waals surface area contributed by atoms with Gasteiger partial charge in [0.05, 0.1) is 6.61 Å². The van der Waals surface area contributed by atoms with E-state index in [2.05, 4.69) is 38.9 Å². The summed E-state index contributed by atoms with van der Waals surface area (Å²) in [6.45, 7) is 5.24. The molecule has 4 heterocycles. The zero-order valence-electron chi connectivity index (χ0n) is 14.8. The number of rotatable bonds is 5. The predicted octanol–water partition coefficient (Wildman–Crippen LogP) is 2.45. The maximum Gasteiger partial charge on any atom is 0.213 e. The van der Waals surface area contributed by atoms with E-state index in [0.29, 0.717) is 11.5 Å². The number of piperidine rings is 1. The van der Waals surface area contributed by atoms with Gasteiger partial charge >= 0.3 is 0 Å². The summed E-state index contributed by atoms with van der Waals surface area (Å²) in [6, 6.07) is 10.0. The fourth-order valence-electron chi connectivity index (χ4n) is 4.20. The molecule has 5 heteroatoms. The average molecular weight is 338 g/mol. The molecule has 2 fully saturated rings. The highest BCUT2D eigenvalue weighted by Gasteiger charge is 2.49. The molecular weight excluding hydrogens is 312 g/mol. The first kappa shape index (κ1) is 16.5. The fraction of sp³-hybridized carbons (Fsp3) is 0.500. The maximum atomic E-state index is 5.91. The number of likely N-dealkylation sites (N-methyl/N-ethyl adjacent to an activating group) is 1. The SMILES string of the molecule is CN1CC[C@@H](COc2ccccn2)CC12CN(Cc1ccncc1)C2. The Kier molecular flexibility index (Phi) is 4.68. The molecule has 0 N–H and O–H groups in total. The summed E-state index contributed by atoms with van der Waals surface area (Å²) in [6.07, 6.45) is 7.96. The van der Waals surface area contributed by atoms with E-state index >= 15 is 0 Å². The van der Waals surface area contributed by atoms with Crippen LogP contribution in [0.2, 0.25) is 0 Å². The van der Waals surface area contributed by atoms with Gasteiger partial charge in [-0.1, -0.05) is 6.07 Å². The van der Waals surface area contributed by atoms with Gasteiger partial charge in [0.15, 0.2) is 0 Å². The summed E-state index contributed by atoms with van der Waals surface area (Å²) in [5.41, 5.74) is 1.67. The van der Waals surface area contributed by atoms with Crippen LogP contribution in [0.3, 0.4) is 0 Å². The van der Waals surface area contributed by atoms with Crippen LogP contribution in [0, 0.1) is 5.92 Å². The Morgan fingerprint density at radius 2 is 2.00 bits per heavy atom. The second-order valence-corrected chi connectivity index (χ2v) is 7.48. The molecule has 1 atom stereocenters. The van der Waals surface area contributed by atoms with Gasteiger partial charge in [-0.2, -0.15) is 0 Å². The molecule has 0 saturated carbocycles. The Bertz CT molecular complexity index is 673. The van der Waals surface area contributed by atoms with E-state index in [-0.39, 0.29) is 0 Å². The number of nitrogens with zero attached hydrogens (tertiary/aromatic N) is 4. The van der Waals surface area contributed by atoms with Crippen LogP contribution >= 0.6 is 0 Å². The van der Waals surface area contributed by atoms with Crippen molar-refractivity contribution in [3.05, 3.63) is 54.5 Å². The molecule has 4 rings (SSSR count). The molecule has 0 aliphatic carbocycles. The average Bonchev–Trinajstić information content (AvgIpc) is 2.63. The molecule has 0 radical (unpaired) electrons. The third-order valence-electron chi connectivity index (χ3n) is 5.65. The molecule has 0 unspecified atom stereocenters. The molecule has 2 aromatic rings. The molecule has 0 aromatic carbocycles. The van der Waals surface area contributed by atoms with E-state index in [4.69, 9.17) is 4.74 Å². The van der Waals surface area contributed by atoms with Crippen LogP contribution in [0.5, 0.6) is 5.88 Å². The molecule has 2 aliphatic rings. The highest BCUT2D eigenvalue weighted by atomic mass is 16.5. The summed E-state index contributed by atoms with van der Waals surface area (Å²) in [5, 5.41) is 0. The van der Waals surface area contributed by atoms with E-state index in [0.717, 1.165) is 38.7 Å². The van der Waals surface area contributed by atoms with Crippen LogP contribution in [0.15, 0.2) is 48.9 Å². The maximum absolute atomic E-state index is 5.91. The first-order valence-corrected chi connectivity index (χ1v) is 9.10. The topological polar surface area (TPSA) is 41.5 Å². The summed E-state index contributed by atoms with van der Waals surface area (Å²) in [5.74, 6) is 1.35. The van der Waals surface area contributed by atoms with Gasteiger partial charge in [0, 0.05) is 49.8 Å². The standard InChI is InChI=1S/C20H26N4O/c1-23-11-7-18(14-25-19-4-2-3-8-22-19)12-20(23)15-24(16-20)13-17-5-9-21-10-6-17/h2-6,8-10,18H,7,11-16H2,1H3/t18-/m1/s1. The van der Waals surface area contributed by atoms with Crippen molar-refractivity contribution in [2.24, 2.45) is 5.92 Å². The monoisotopic (exact) mass is 338 g/mol. The Hall–Kier alpha value is -1.98. The number of likely N-dealkylation sites (tertiary alicyclic amines) is 2. The lowest BCUT2D eigenvalue weighted by atomic mass is 9.75.